The molecule has 0 aliphatic carbocycles. The topological polar surface area (TPSA) is 76.1 Å². The van der Waals surface area contributed by atoms with Crippen LogP contribution in [0.5, 0.6) is 0 Å². The summed E-state index contributed by atoms with van der Waals surface area (Å²) in [6.07, 6.45) is 0. The molecule has 0 aliphatic rings. The SMILES string of the molecule is CCOC(=O)c1oc(-c2cccc(C#N)c2)nc1C. The number of hydrogen-bond donors (Lipinski definition) is 0. The van der Waals surface area contributed by atoms with Crippen molar-refractivity contribution in [1.82, 2.24) is 4.98 Å². The van der Waals surface area contributed by atoms with E-state index in [1.807, 2.05) is 6.07 Å². The molecule has 0 bridgehead atoms. The second-order valence-corrected chi connectivity index (χ2v) is 3.85. The Morgan fingerprint density at radius 3 is 3.00 bits per heavy atom. The molecule has 96 valence electrons. The summed E-state index contributed by atoms with van der Waals surface area (Å²) >= 11 is 0. The van der Waals surface area contributed by atoms with Crippen molar-refractivity contribution in [3.8, 4) is 17.5 Å². The average molecular weight is 256 g/mol. The maximum absolute atomic E-state index is 11.6. The molecule has 2 aromatic rings. The fraction of sp³-hybridized carbons (Fsp3) is 0.214. The zero-order valence-electron chi connectivity index (χ0n) is 10.6. The van der Waals surface area contributed by atoms with Crippen LogP contribution < -0.4 is 0 Å². The minimum Gasteiger partial charge on any atom is -0.460 e. The Balaban J connectivity index is 2.39. The standard InChI is InChI=1S/C14H12N2O3/c1-3-18-14(17)12-9(2)16-13(19-12)11-6-4-5-10(7-11)8-15/h4-7H,3H2,1-2H3. The van der Waals surface area contributed by atoms with Crippen molar-refractivity contribution < 1.29 is 13.9 Å². The molecule has 0 atom stereocenters. The molecule has 0 spiro atoms. The van der Waals surface area contributed by atoms with E-state index in [4.69, 9.17) is 14.4 Å². The molecule has 5 nitrogen and oxygen atoms in total. The Bertz CT molecular complexity index is 653. The van der Waals surface area contributed by atoms with Crippen molar-refractivity contribution in [2.24, 2.45) is 0 Å². The Hall–Kier alpha value is -2.61. The van der Waals surface area contributed by atoms with Gasteiger partial charge in [0, 0.05) is 5.56 Å². The number of ether oxygens (including phenoxy) is 1. The molecule has 0 saturated carbocycles. The lowest BCUT2D eigenvalue weighted by molar-refractivity contribution is 0.0490. The van der Waals surface area contributed by atoms with Gasteiger partial charge >= 0.3 is 5.97 Å². The van der Waals surface area contributed by atoms with Crippen molar-refractivity contribution >= 4 is 5.97 Å². The summed E-state index contributed by atoms with van der Waals surface area (Å²) in [4.78, 5) is 15.8. The van der Waals surface area contributed by atoms with Gasteiger partial charge in [-0.3, -0.25) is 0 Å². The highest BCUT2D eigenvalue weighted by Gasteiger charge is 2.19. The Labute approximate surface area is 110 Å². The van der Waals surface area contributed by atoms with E-state index >= 15 is 0 Å². The van der Waals surface area contributed by atoms with Crippen LogP contribution in [-0.4, -0.2) is 17.6 Å². The Morgan fingerprint density at radius 2 is 2.32 bits per heavy atom. The number of aryl methyl sites for hydroxylation is 1. The lowest BCUT2D eigenvalue weighted by Gasteiger charge is -1.98. The first-order valence-electron chi connectivity index (χ1n) is 5.80. The largest absolute Gasteiger partial charge is 0.460 e. The number of hydrogen-bond acceptors (Lipinski definition) is 5. The number of oxazole rings is 1. The van der Waals surface area contributed by atoms with Crippen LogP contribution in [0.1, 0.15) is 28.7 Å². The molecule has 0 aliphatic heterocycles. The quantitative estimate of drug-likeness (QED) is 0.789. The minimum absolute atomic E-state index is 0.0965. The van der Waals surface area contributed by atoms with E-state index in [1.54, 1.807) is 38.1 Å². The van der Waals surface area contributed by atoms with Gasteiger partial charge in [0.1, 0.15) is 0 Å². The van der Waals surface area contributed by atoms with Crippen LogP contribution >= 0.6 is 0 Å². The highest BCUT2D eigenvalue weighted by molar-refractivity contribution is 5.87. The van der Waals surface area contributed by atoms with Gasteiger partial charge in [0.2, 0.25) is 11.7 Å². The molecule has 1 aromatic heterocycles. The van der Waals surface area contributed by atoms with E-state index in [1.165, 1.54) is 0 Å². The molecule has 0 amide bonds. The van der Waals surface area contributed by atoms with E-state index in [2.05, 4.69) is 4.98 Å². The summed E-state index contributed by atoms with van der Waals surface area (Å²) in [6, 6.07) is 8.88. The normalized spacial score (nSPS) is 9.95. The maximum Gasteiger partial charge on any atom is 0.376 e. The van der Waals surface area contributed by atoms with Crippen LogP contribution in [-0.2, 0) is 4.74 Å². The van der Waals surface area contributed by atoms with Crippen LogP contribution in [0.25, 0.3) is 11.5 Å². The monoisotopic (exact) mass is 256 g/mol. The van der Waals surface area contributed by atoms with Gasteiger partial charge in [-0.1, -0.05) is 6.07 Å². The first kappa shape index (κ1) is 12.8. The van der Waals surface area contributed by atoms with Crippen LogP contribution in [0, 0.1) is 18.3 Å². The molecule has 0 fully saturated rings. The van der Waals surface area contributed by atoms with Gasteiger partial charge in [0.25, 0.3) is 0 Å². The van der Waals surface area contributed by atoms with Gasteiger partial charge in [0.05, 0.1) is 23.9 Å². The van der Waals surface area contributed by atoms with E-state index in [9.17, 15) is 4.79 Å². The van der Waals surface area contributed by atoms with Crippen molar-refractivity contribution in [3.63, 3.8) is 0 Å². The van der Waals surface area contributed by atoms with Gasteiger partial charge in [-0.15, -0.1) is 0 Å². The number of nitriles is 1. The van der Waals surface area contributed by atoms with Crippen LogP contribution in [0.15, 0.2) is 28.7 Å². The van der Waals surface area contributed by atoms with Crippen LogP contribution in [0.3, 0.4) is 0 Å². The van der Waals surface area contributed by atoms with Gasteiger partial charge in [-0.25, -0.2) is 9.78 Å². The molecule has 19 heavy (non-hydrogen) atoms. The number of aromatic nitrogens is 1. The highest BCUT2D eigenvalue weighted by Crippen LogP contribution is 2.23. The highest BCUT2D eigenvalue weighted by atomic mass is 16.5. The third-order valence-electron chi connectivity index (χ3n) is 2.50. The molecule has 5 heteroatoms. The summed E-state index contributed by atoms with van der Waals surface area (Å²) in [5, 5.41) is 8.85. The predicted molar refractivity (Wildman–Crippen MR) is 67.3 cm³/mol. The maximum atomic E-state index is 11.6. The smallest absolute Gasteiger partial charge is 0.376 e. The summed E-state index contributed by atoms with van der Waals surface area (Å²) in [5.74, 6) is -0.132. The second-order valence-electron chi connectivity index (χ2n) is 3.85. The van der Waals surface area contributed by atoms with Crippen molar-refractivity contribution in [2.45, 2.75) is 13.8 Å². The summed E-state index contributed by atoms with van der Waals surface area (Å²) < 4.78 is 10.3. The summed E-state index contributed by atoms with van der Waals surface area (Å²) in [7, 11) is 0. The minimum atomic E-state index is -0.532. The van der Waals surface area contributed by atoms with E-state index in [-0.39, 0.29) is 12.4 Å². The summed E-state index contributed by atoms with van der Waals surface area (Å²) in [6.45, 7) is 3.67. The molecular formula is C14H12N2O3. The van der Waals surface area contributed by atoms with Gasteiger partial charge in [-0.2, -0.15) is 5.26 Å². The number of carbonyl (C=O) groups is 1. The first-order valence-corrected chi connectivity index (χ1v) is 5.80. The second kappa shape index (κ2) is 5.36. The van der Waals surface area contributed by atoms with Crippen molar-refractivity contribution in [3.05, 3.63) is 41.3 Å². The molecule has 1 heterocycles. The third kappa shape index (κ3) is 2.63. The van der Waals surface area contributed by atoms with E-state index < -0.39 is 5.97 Å². The summed E-state index contributed by atoms with van der Waals surface area (Å²) in [5.41, 5.74) is 1.62. The predicted octanol–water partition coefficient (Wildman–Crippen LogP) is 2.70. The number of rotatable bonds is 3. The molecule has 0 radical (unpaired) electrons. The van der Waals surface area contributed by atoms with Gasteiger partial charge in [0.15, 0.2) is 0 Å². The fourth-order valence-electron chi connectivity index (χ4n) is 1.63. The number of esters is 1. The molecule has 1 aromatic carbocycles. The first-order chi connectivity index (χ1) is 9.15. The number of benzene rings is 1. The average Bonchev–Trinajstić information content (AvgIpc) is 2.81. The van der Waals surface area contributed by atoms with E-state index in [0.717, 1.165) is 0 Å². The number of nitrogens with zero attached hydrogens (tertiary/aromatic N) is 2. The lowest BCUT2D eigenvalue weighted by Crippen LogP contribution is -2.04. The molecular weight excluding hydrogens is 244 g/mol. The van der Waals surface area contributed by atoms with Crippen LogP contribution in [0.4, 0.5) is 0 Å². The Kier molecular flexibility index (Phi) is 3.62. The van der Waals surface area contributed by atoms with Crippen LogP contribution in [0.2, 0.25) is 0 Å². The fourth-order valence-corrected chi connectivity index (χ4v) is 1.63. The molecule has 0 unspecified atom stereocenters. The molecule has 0 N–H and O–H groups in total. The third-order valence-corrected chi connectivity index (χ3v) is 2.50. The number of carbonyl (C=O) groups excluding carboxylic acids is 1. The van der Waals surface area contributed by atoms with E-state index in [0.29, 0.717) is 22.7 Å². The van der Waals surface area contributed by atoms with Gasteiger partial charge in [-0.05, 0) is 32.0 Å². The van der Waals surface area contributed by atoms with Crippen molar-refractivity contribution in [2.75, 3.05) is 6.61 Å². The molecule has 0 saturated heterocycles. The zero-order chi connectivity index (χ0) is 13.8. The lowest BCUT2D eigenvalue weighted by atomic mass is 10.1. The Morgan fingerprint density at radius 1 is 1.53 bits per heavy atom. The van der Waals surface area contributed by atoms with Gasteiger partial charge < -0.3 is 9.15 Å². The molecule has 2 rings (SSSR count). The zero-order valence-corrected chi connectivity index (χ0v) is 10.6. The van der Waals surface area contributed by atoms with Crippen molar-refractivity contribution in [1.29, 1.82) is 5.26 Å².